The number of carbonyl (C=O) groups excluding carboxylic acids is 1. The maximum absolute atomic E-state index is 10.0. The molecule has 3 aromatic rings. The van der Waals surface area contributed by atoms with Gasteiger partial charge in [-0.25, -0.2) is 0 Å². The summed E-state index contributed by atoms with van der Waals surface area (Å²) in [7, 11) is 0. The molecule has 5 rings (SSSR count). The zero-order valence-corrected chi connectivity index (χ0v) is 18.8. The van der Waals surface area contributed by atoms with Crippen molar-refractivity contribution in [2.24, 2.45) is 0 Å². The Hall–Kier alpha value is -2.55. The second-order valence-corrected chi connectivity index (χ2v) is 7.25. The number of hydrogen-bond donors (Lipinski definition) is 1. The molecular weight excluding hydrogens is 538 g/mol. The zero-order valence-electron chi connectivity index (χ0n) is 16.5. The van der Waals surface area contributed by atoms with Gasteiger partial charge in [-0.1, -0.05) is 42.7 Å². The molecule has 29 heavy (non-hydrogen) atoms. The van der Waals surface area contributed by atoms with Gasteiger partial charge in [0.25, 0.3) is 0 Å². The van der Waals surface area contributed by atoms with E-state index in [0.717, 1.165) is 24.1 Å². The minimum absolute atomic E-state index is 0. The number of aromatic nitrogens is 1. The van der Waals surface area contributed by atoms with Crippen molar-refractivity contribution in [3.63, 3.8) is 0 Å². The summed E-state index contributed by atoms with van der Waals surface area (Å²) in [6, 6.07) is 16.2. The number of hydrogen-bond acceptors (Lipinski definition) is 3. The fourth-order valence-electron chi connectivity index (χ4n) is 4.02. The average molecular weight is 561 g/mol. The maximum Gasteiger partial charge on any atom is 0.155 e. The largest absolute Gasteiger partial charge is 0.512 e. The molecule has 0 fully saturated rings. The van der Waals surface area contributed by atoms with Crippen LogP contribution in [0.4, 0.5) is 0 Å². The van der Waals surface area contributed by atoms with E-state index >= 15 is 0 Å². The summed E-state index contributed by atoms with van der Waals surface area (Å²) in [6.07, 6.45) is 9.07. The first kappa shape index (κ1) is 21.2. The van der Waals surface area contributed by atoms with E-state index in [1.54, 1.807) is 0 Å². The second kappa shape index (κ2) is 8.85. The molecule has 0 unspecified atom stereocenters. The van der Waals surface area contributed by atoms with Gasteiger partial charge < -0.3 is 5.11 Å². The first-order valence-corrected chi connectivity index (χ1v) is 9.56. The fraction of sp³-hybridized carbons (Fsp3) is 0.200. The summed E-state index contributed by atoms with van der Waals surface area (Å²) in [4.78, 5) is 15.0. The van der Waals surface area contributed by atoms with E-state index < -0.39 is 0 Å². The molecule has 2 aliphatic rings. The Kier molecular flexibility index (Phi) is 6.46. The molecule has 1 N–H and O–H groups in total. The van der Waals surface area contributed by atoms with E-state index in [1.807, 2.05) is 6.07 Å². The van der Waals surface area contributed by atoms with Gasteiger partial charge in [-0.15, -0.1) is 35.4 Å². The standard InChI is InChI=1S/C20H14N.C5H8O2.Ir/c1-2-8-15-13(5-1)6-3-9-17-16-12-11-14-7-4-10-18(19(14)16)21-20(15)17;1-4(6)3-5(2)7;/h1-2,4-5,7,10-12H,3,6,9H2;3,6H,1-2H3;/q-1;;/b;4-3-;. The van der Waals surface area contributed by atoms with Crippen molar-refractivity contribution < 1.29 is 30.0 Å². The van der Waals surface area contributed by atoms with Crippen LogP contribution in [0.25, 0.3) is 34.3 Å². The van der Waals surface area contributed by atoms with Crippen molar-refractivity contribution >= 4 is 28.8 Å². The molecule has 2 aromatic carbocycles. The van der Waals surface area contributed by atoms with Crippen LogP contribution in [0.1, 0.15) is 42.5 Å². The van der Waals surface area contributed by atoms with E-state index in [2.05, 4.69) is 48.6 Å². The van der Waals surface area contributed by atoms with E-state index in [0.29, 0.717) is 0 Å². The third-order valence-electron chi connectivity index (χ3n) is 5.08. The summed E-state index contributed by atoms with van der Waals surface area (Å²) >= 11 is 0. The predicted molar refractivity (Wildman–Crippen MR) is 114 cm³/mol. The molecule has 0 saturated carbocycles. The van der Waals surface area contributed by atoms with Gasteiger partial charge >= 0.3 is 0 Å². The molecule has 149 valence electrons. The van der Waals surface area contributed by atoms with Gasteiger partial charge in [0.2, 0.25) is 0 Å². The van der Waals surface area contributed by atoms with Crippen molar-refractivity contribution in [3.8, 4) is 11.3 Å². The number of aryl methyl sites for hydroxylation is 1. The van der Waals surface area contributed by atoms with E-state index in [9.17, 15) is 4.79 Å². The van der Waals surface area contributed by atoms with Gasteiger partial charge in [0.1, 0.15) is 0 Å². The van der Waals surface area contributed by atoms with Gasteiger partial charge in [0.15, 0.2) is 5.78 Å². The quantitative estimate of drug-likeness (QED) is 0.184. The zero-order chi connectivity index (χ0) is 19.7. The Morgan fingerprint density at radius 3 is 2.69 bits per heavy atom. The number of ketones is 1. The average Bonchev–Trinajstić information content (AvgIpc) is 3.00. The molecule has 1 aromatic heterocycles. The Labute approximate surface area is 184 Å². The molecule has 1 heterocycles. The summed E-state index contributed by atoms with van der Waals surface area (Å²) in [6.45, 7) is 2.85. The van der Waals surface area contributed by atoms with Crippen LogP contribution in [0.15, 0.2) is 48.2 Å². The molecule has 3 nitrogen and oxygen atoms in total. The van der Waals surface area contributed by atoms with Crippen LogP contribution in [-0.2, 0) is 37.7 Å². The van der Waals surface area contributed by atoms with Gasteiger partial charge in [-0.2, -0.15) is 0 Å². The number of allylic oxidation sites excluding steroid dienone is 2. The monoisotopic (exact) mass is 561 g/mol. The Morgan fingerprint density at radius 1 is 1.14 bits per heavy atom. The maximum atomic E-state index is 10.0. The third kappa shape index (κ3) is 4.24. The van der Waals surface area contributed by atoms with Crippen LogP contribution >= 0.6 is 0 Å². The van der Waals surface area contributed by atoms with Crippen molar-refractivity contribution in [1.29, 1.82) is 0 Å². The minimum atomic E-state index is -0.125. The van der Waals surface area contributed by atoms with Crippen LogP contribution in [-0.4, -0.2) is 15.9 Å². The van der Waals surface area contributed by atoms with Crippen molar-refractivity contribution in [1.82, 2.24) is 4.98 Å². The van der Waals surface area contributed by atoms with Gasteiger partial charge in [-0.05, 0) is 43.2 Å². The Morgan fingerprint density at radius 2 is 1.97 bits per heavy atom. The second-order valence-electron chi connectivity index (χ2n) is 7.25. The minimum Gasteiger partial charge on any atom is -0.512 e. The van der Waals surface area contributed by atoms with Crippen LogP contribution in [0.2, 0.25) is 0 Å². The molecule has 0 bridgehead atoms. The van der Waals surface area contributed by atoms with Crippen LogP contribution in [0.5, 0.6) is 0 Å². The molecule has 2 aliphatic carbocycles. The molecule has 0 atom stereocenters. The Balaban J connectivity index is 0.000000263. The third-order valence-corrected chi connectivity index (χ3v) is 5.08. The van der Waals surface area contributed by atoms with Crippen molar-refractivity contribution in [3.05, 3.63) is 76.6 Å². The number of carbonyl (C=O) groups is 1. The summed E-state index contributed by atoms with van der Waals surface area (Å²) < 4.78 is 0. The summed E-state index contributed by atoms with van der Waals surface area (Å²) in [5.41, 5.74) is 8.94. The number of benzene rings is 2. The molecule has 1 radical (unpaired) electrons. The van der Waals surface area contributed by atoms with E-state index in [-0.39, 0.29) is 31.6 Å². The van der Waals surface area contributed by atoms with Crippen LogP contribution in [0.3, 0.4) is 0 Å². The number of rotatable bonds is 1. The predicted octanol–water partition coefficient (Wildman–Crippen LogP) is 5.71. The van der Waals surface area contributed by atoms with Gasteiger partial charge in [-0.3, -0.25) is 9.78 Å². The van der Waals surface area contributed by atoms with Gasteiger partial charge in [0.05, 0.1) is 11.3 Å². The molecule has 0 amide bonds. The van der Waals surface area contributed by atoms with Crippen molar-refractivity contribution in [2.75, 3.05) is 0 Å². The SMILES string of the molecule is CC(=O)/C=C(/C)O.[Ir].[c-]1cccc2c1-c1nc3cccc4c3c(c1CCC2)C=C4. The first-order valence-electron chi connectivity index (χ1n) is 9.56. The molecular formula is C25H22IrNO2-. The normalized spacial score (nSPS) is 13.5. The molecule has 4 heteroatoms. The number of aliphatic hydroxyl groups is 1. The van der Waals surface area contributed by atoms with E-state index in [4.69, 9.17) is 10.1 Å². The Bertz CT molecular complexity index is 1140. The van der Waals surface area contributed by atoms with Crippen LogP contribution in [0, 0.1) is 6.07 Å². The fourth-order valence-corrected chi connectivity index (χ4v) is 4.02. The topological polar surface area (TPSA) is 50.2 Å². The molecule has 0 spiro atoms. The summed E-state index contributed by atoms with van der Waals surface area (Å²) in [5.74, 6) is -0.0625. The smallest absolute Gasteiger partial charge is 0.155 e. The molecule has 0 saturated heterocycles. The summed E-state index contributed by atoms with van der Waals surface area (Å²) in [5, 5.41) is 9.69. The number of aliphatic hydroxyl groups excluding tert-OH is 1. The molecule has 0 aliphatic heterocycles. The first-order chi connectivity index (χ1) is 13.5. The van der Waals surface area contributed by atoms with Crippen LogP contribution < -0.4 is 0 Å². The number of nitrogens with zero attached hydrogens (tertiary/aromatic N) is 1. The number of fused-ring (bicyclic) bond motifs is 4. The van der Waals surface area contributed by atoms with E-state index in [1.165, 1.54) is 59.5 Å². The van der Waals surface area contributed by atoms with Gasteiger partial charge in [0, 0.05) is 31.6 Å². The number of pyridine rings is 1. The van der Waals surface area contributed by atoms with Crippen molar-refractivity contribution in [2.45, 2.75) is 33.1 Å².